The first-order chi connectivity index (χ1) is 15.2. The van der Waals surface area contributed by atoms with Gasteiger partial charge in [-0.15, -0.1) is 0 Å². The van der Waals surface area contributed by atoms with E-state index in [1.54, 1.807) is 18.2 Å². The third-order valence-corrected chi connectivity index (χ3v) is 5.21. The quantitative estimate of drug-likeness (QED) is 0.333. The van der Waals surface area contributed by atoms with Crippen LogP contribution in [0.3, 0.4) is 0 Å². The molecule has 2 heterocycles. The summed E-state index contributed by atoms with van der Waals surface area (Å²) in [6, 6.07) is 3.93. The second kappa shape index (κ2) is 9.93. The average molecular weight is 445 g/mol. The molecule has 32 heavy (non-hydrogen) atoms. The van der Waals surface area contributed by atoms with Crippen molar-refractivity contribution in [3.8, 4) is 11.4 Å². The minimum atomic E-state index is -4.55. The van der Waals surface area contributed by atoms with Crippen molar-refractivity contribution in [3.63, 3.8) is 0 Å². The zero-order valence-corrected chi connectivity index (χ0v) is 18.1. The van der Waals surface area contributed by atoms with Gasteiger partial charge in [0.25, 0.3) is 0 Å². The molecule has 0 unspecified atom stereocenters. The molecule has 1 saturated carbocycles. The summed E-state index contributed by atoms with van der Waals surface area (Å²) in [6.07, 6.45) is 3.02. The highest BCUT2D eigenvalue weighted by Gasteiger charge is 2.33. The molecule has 0 spiro atoms. The summed E-state index contributed by atoms with van der Waals surface area (Å²) in [5.41, 5.74) is 0.454. The Balaban J connectivity index is 2.02. The van der Waals surface area contributed by atoms with E-state index >= 15 is 0 Å². The van der Waals surface area contributed by atoms with Gasteiger partial charge >= 0.3 is 6.18 Å². The maximum absolute atomic E-state index is 13.2. The first kappa shape index (κ1) is 23.4. The summed E-state index contributed by atoms with van der Waals surface area (Å²) in [6.45, 7) is 7.70. The molecular weight excluding hydrogens is 417 g/mol. The smallest absolute Gasteiger partial charge is 0.364 e. The first-order valence-corrected chi connectivity index (χ1v) is 10.5. The number of anilines is 2. The lowest BCUT2D eigenvalue weighted by molar-refractivity contribution is -0.141. The molecule has 0 aliphatic heterocycles. The molecule has 0 radical (unpaired) electrons. The van der Waals surface area contributed by atoms with Crippen LogP contribution in [0.1, 0.15) is 37.9 Å². The fraction of sp³-hybridized carbons (Fsp3) is 0.391. The fourth-order valence-electron chi connectivity index (χ4n) is 3.31. The summed E-state index contributed by atoms with van der Waals surface area (Å²) in [7, 11) is 0. The van der Waals surface area contributed by atoms with Crippen LogP contribution < -0.4 is 10.6 Å². The average Bonchev–Trinajstić information content (AvgIpc) is 3.61. The molecule has 2 aromatic heterocycles. The molecule has 0 bridgehead atoms. The van der Waals surface area contributed by atoms with Gasteiger partial charge in [0.1, 0.15) is 11.5 Å². The molecule has 9 heteroatoms. The van der Waals surface area contributed by atoms with Crippen molar-refractivity contribution >= 4 is 17.5 Å². The second-order valence-corrected chi connectivity index (χ2v) is 7.73. The minimum absolute atomic E-state index is 0.130. The van der Waals surface area contributed by atoms with Crippen LogP contribution in [-0.2, 0) is 12.6 Å². The Morgan fingerprint density at radius 3 is 2.66 bits per heavy atom. The van der Waals surface area contributed by atoms with Gasteiger partial charge in [0.05, 0.1) is 23.6 Å². The van der Waals surface area contributed by atoms with Crippen molar-refractivity contribution in [2.45, 2.75) is 45.3 Å². The number of alkyl halides is 3. The van der Waals surface area contributed by atoms with Gasteiger partial charge in [-0.25, -0.2) is 9.97 Å². The Labute approximate surface area is 185 Å². The van der Waals surface area contributed by atoms with Gasteiger partial charge in [0.2, 0.25) is 5.95 Å². The lowest BCUT2D eigenvalue weighted by atomic mass is 10.1. The molecular formula is C23H27F3N6. The van der Waals surface area contributed by atoms with Crippen molar-refractivity contribution in [3.05, 3.63) is 54.3 Å². The van der Waals surface area contributed by atoms with E-state index in [1.807, 2.05) is 13.8 Å². The molecule has 0 aromatic carbocycles. The van der Waals surface area contributed by atoms with Gasteiger partial charge in [-0.3, -0.25) is 0 Å². The minimum Gasteiger partial charge on any atom is -0.364 e. The summed E-state index contributed by atoms with van der Waals surface area (Å²) >= 11 is 0. The lowest BCUT2D eigenvalue weighted by Gasteiger charge is -2.19. The molecule has 6 nitrogen and oxygen atoms in total. The SMILES string of the molecule is C=C/C=C\C(=N)CNc1nc(N[C@H](C)C2CC2)nc(-c2cccc(C(F)(F)F)n2)c1CC. The van der Waals surface area contributed by atoms with Crippen LogP contribution in [0, 0.1) is 11.3 Å². The van der Waals surface area contributed by atoms with E-state index in [9.17, 15) is 13.2 Å². The van der Waals surface area contributed by atoms with Crippen molar-refractivity contribution in [1.82, 2.24) is 15.0 Å². The van der Waals surface area contributed by atoms with E-state index in [4.69, 9.17) is 5.41 Å². The van der Waals surface area contributed by atoms with Gasteiger partial charge in [-0.2, -0.15) is 18.2 Å². The molecule has 1 atom stereocenters. The number of nitrogens with one attached hydrogen (secondary N) is 3. The summed E-state index contributed by atoms with van der Waals surface area (Å²) < 4.78 is 39.7. The van der Waals surface area contributed by atoms with E-state index in [0.717, 1.165) is 18.9 Å². The van der Waals surface area contributed by atoms with Crippen LogP contribution in [-0.4, -0.2) is 33.3 Å². The number of rotatable bonds is 10. The number of allylic oxidation sites excluding steroid dienone is 2. The van der Waals surface area contributed by atoms with Gasteiger partial charge in [-0.05, 0) is 50.3 Å². The number of nitrogens with zero attached hydrogens (tertiary/aromatic N) is 3. The summed E-state index contributed by atoms with van der Waals surface area (Å²) in [5, 5.41) is 14.4. The van der Waals surface area contributed by atoms with Crippen LogP contribution in [0.5, 0.6) is 0 Å². The predicted octanol–water partition coefficient (Wildman–Crippen LogP) is 5.50. The maximum atomic E-state index is 13.2. The molecule has 1 aliphatic rings. The summed E-state index contributed by atoms with van der Waals surface area (Å²) in [5.74, 6) is 1.33. The van der Waals surface area contributed by atoms with Gasteiger partial charge < -0.3 is 16.0 Å². The monoisotopic (exact) mass is 444 g/mol. The van der Waals surface area contributed by atoms with Crippen molar-refractivity contribution in [2.24, 2.45) is 5.92 Å². The number of pyridine rings is 1. The molecule has 3 rings (SSSR count). The van der Waals surface area contributed by atoms with Crippen molar-refractivity contribution in [1.29, 1.82) is 5.41 Å². The van der Waals surface area contributed by atoms with E-state index in [2.05, 4.69) is 32.2 Å². The van der Waals surface area contributed by atoms with E-state index in [1.165, 1.54) is 12.1 Å². The van der Waals surface area contributed by atoms with Crippen LogP contribution in [0.25, 0.3) is 11.4 Å². The normalized spacial score (nSPS) is 14.9. The Morgan fingerprint density at radius 2 is 2.03 bits per heavy atom. The fourth-order valence-corrected chi connectivity index (χ4v) is 3.31. The molecule has 3 N–H and O–H groups in total. The molecule has 0 saturated heterocycles. The number of hydrogen-bond acceptors (Lipinski definition) is 6. The molecule has 2 aromatic rings. The topological polar surface area (TPSA) is 86.6 Å². The first-order valence-electron chi connectivity index (χ1n) is 10.5. The Bertz CT molecular complexity index is 1010. The number of aromatic nitrogens is 3. The third-order valence-electron chi connectivity index (χ3n) is 5.21. The largest absolute Gasteiger partial charge is 0.433 e. The summed E-state index contributed by atoms with van der Waals surface area (Å²) in [4.78, 5) is 13.0. The highest BCUT2D eigenvalue weighted by molar-refractivity contribution is 5.95. The third kappa shape index (κ3) is 5.93. The van der Waals surface area contributed by atoms with Gasteiger partial charge in [-0.1, -0.05) is 31.7 Å². The number of hydrogen-bond donors (Lipinski definition) is 3. The standard InChI is InChI=1S/C23H27F3N6/c1-4-6-8-16(27)13-28-21-17(5-2)20(18-9-7-10-19(30-18)23(24,25)26)31-22(32-21)29-14(3)15-11-12-15/h4,6-10,14-15,27H,1,5,11-13H2,2-3H3,(H2,28,29,31,32)/b8-6-,27-16?/t14-/m1/s1. The Kier molecular flexibility index (Phi) is 7.27. The lowest BCUT2D eigenvalue weighted by Crippen LogP contribution is -2.21. The van der Waals surface area contributed by atoms with Gasteiger partial charge in [0.15, 0.2) is 0 Å². The predicted molar refractivity (Wildman–Crippen MR) is 121 cm³/mol. The molecule has 1 aliphatic carbocycles. The molecule has 1 fully saturated rings. The highest BCUT2D eigenvalue weighted by Crippen LogP contribution is 2.35. The van der Waals surface area contributed by atoms with Crippen molar-refractivity contribution < 1.29 is 13.2 Å². The van der Waals surface area contributed by atoms with Gasteiger partial charge in [0, 0.05) is 11.6 Å². The zero-order chi connectivity index (χ0) is 23.3. The number of halogens is 3. The zero-order valence-electron chi connectivity index (χ0n) is 18.1. The van der Waals surface area contributed by atoms with Crippen LogP contribution >= 0.6 is 0 Å². The van der Waals surface area contributed by atoms with Crippen LogP contribution in [0.2, 0.25) is 0 Å². The van der Waals surface area contributed by atoms with E-state index in [-0.39, 0.29) is 18.3 Å². The highest BCUT2D eigenvalue weighted by atomic mass is 19.4. The van der Waals surface area contributed by atoms with Crippen LogP contribution in [0.4, 0.5) is 24.9 Å². The maximum Gasteiger partial charge on any atom is 0.433 e. The molecule has 170 valence electrons. The second-order valence-electron chi connectivity index (χ2n) is 7.73. The Hall–Kier alpha value is -3.23. The molecule has 0 amide bonds. The van der Waals surface area contributed by atoms with E-state index < -0.39 is 11.9 Å². The van der Waals surface area contributed by atoms with Crippen LogP contribution in [0.15, 0.2) is 43.0 Å². The van der Waals surface area contributed by atoms with E-state index in [0.29, 0.717) is 41.1 Å². The van der Waals surface area contributed by atoms with Crippen molar-refractivity contribution in [2.75, 3.05) is 17.2 Å². The Morgan fingerprint density at radius 1 is 1.28 bits per heavy atom.